The second-order valence-electron chi connectivity index (χ2n) is 5.57. The molecule has 17 heavy (non-hydrogen) atoms. The van der Waals surface area contributed by atoms with Crippen molar-refractivity contribution in [1.29, 1.82) is 0 Å². The standard InChI is InChI=1S/C11H25N3O2S/c1-9-7-5-6-8-14(9)17(15,16)13-11(3,4)10(2)12/h9-10,13H,5-8,12H2,1-4H3. The fourth-order valence-corrected chi connectivity index (χ4v) is 3.83. The molecular weight excluding hydrogens is 238 g/mol. The minimum atomic E-state index is -3.43. The highest BCUT2D eigenvalue weighted by atomic mass is 32.2. The molecule has 1 saturated heterocycles. The molecule has 1 heterocycles. The Hall–Kier alpha value is -0.170. The molecule has 1 aliphatic rings. The molecule has 0 radical (unpaired) electrons. The lowest BCUT2D eigenvalue weighted by atomic mass is 9.99. The fourth-order valence-electron chi connectivity index (χ4n) is 1.91. The summed E-state index contributed by atoms with van der Waals surface area (Å²) in [6.45, 7) is 7.98. The van der Waals surface area contributed by atoms with Crippen LogP contribution in [0.3, 0.4) is 0 Å². The monoisotopic (exact) mass is 263 g/mol. The molecule has 0 aromatic heterocycles. The maximum absolute atomic E-state index is 12.3. The van der Waals surface area contributed by atoms with Crippen molar-refractivity contribution in [3.05, 3.63) is 0 Å². The molecule has 6 heteroatoms. The molecule has 1 rings (SSSR count). The average Bonchev–Trinajstić information content (AvgIpc) is 2.16. The van der Waals surface area contributed by atoms with Crippen LogP contribution in [0.15, 0.2) is 0 Å². The van der Waals surface area contributed by atoms with Gasteiger partial charge in [-0.05, 0) is 40.5 Å². The Bertz CT molecular complexity index is 352. The molecule has 1 aliphatic heterocycles. The van der Waals surface area contributed by atoms with Crippen LogP contribution < -0.4 is 10.5 Å². The third-order valence-electron chi connectivity index (χ3n) is 3.58. The summed E-state index contributed by atoms with van der Waals surface area (Å²) in [7, 11) is -3.43. The first-order valence-electron chi connectivity index (χ1n) is 6.23. The van der Waals surface area contributed by atoms with Gasteiger partial charge in [0.15, 0.2) is 0 Å². The number of hydrogen-bond donors (Lipinski definition) is 2. The van der Waals surface area contributed by atoms with E-state index in [2.05, 4.69) is 4.72 Å². The van der Waals surface area contributed by atoms with Gasteiger partial charge in [-0.15, -0.1) is 0 Å². The van der Waals surface area contributed by atoms with Gasteiger partial charge < -0.3 is 5.73 Å². The summed E-state index contributed by atoms with van der Waals surface area (Å²) in [5.74, 6) is 0. The van der Waals surface area contributed by atoms with Crippen LogP contribution in [0, 0.1) is 0 Å². The number of hydrogen-bond acceptors (Lipinski definition) is 3. The van der Waals surface area contributed by atoms with Crippen LogP contribution in [-0.2, 0) is 10.2 Å². The molecule has 0 spiro atoms. The number of piperidine rings is 1. The summed E-state index contributed by atoms with van der Waals surface area (Å²) < 4.78 is 28.8. The van der Waals surface area contributed by atoms with Crippen LogP contribution in [-0.4, -0.2) is 36.9 Å². The minimum absolute atomic E-state index is 0.0742. The van der Waals surface area contributed by atoms with Crippen molar-refractivity contribution in [1.82, 2.24) is 9.03 Å². The van der Waals surface area contributed by atoms with E-state index in [4.69, 9.17) is 5.73 Å². The minimum Gasteiger partial charge on any atom is -0.326 e. The normalized spacial score (nSPS) is 25.8. The van der Waals surface area contributed by atoms with Crippen molar-refractivity contribution in [3.8, 4) is 0 Å². The van der Waals surface area contributed by atoms with Gasteiger partial charge in [0.1, 0.15) is 0 Å². The van der Waals surface area contributed by atoms with Crippen molar-refractivity contribution in [3.63, 3.8) is 0 Å². The Labute approximate surface area is 105 Å². The number of nitrogens with zero attached hydrogens (tertiary/aromatic N) is 1. The van der Waals surface area contributed by atoms with Crippen LogP contribution in [0.4, 0.5) is 0 Å². The van der Waals surface area contributed by atoms with E-state index in [0.717, 1.165) is 19.3 Å². The summed E-state index contributed by atoms with van der Waals surface area (Å²) in [5.41, 5.74) is 5.17. The lowest BCUT2D eigenvalue weighted by Crippen LogP contribution is -2.59. The summed E-state index contributed by atoms with van der Waals surface area (Å²) in [5, 5.41) is 0. The maximum atomic E-state index is 12.3. The number of nitrogens with two attached hydrogens (primary N) is 1. The Kier molecular flexibility index (Phi) is 4.57. The fraction of sp³-hybridized carbons (Fsp3) is 1.00. The van der Waals surface area contributed by atoms with E-state index in [1.807, 2.05) is 27.7 Å². The predicted molar refractivity (Wildman–Crippen MR) is 69.8 cm³/mol. The maximum Gasteiger partial charge on any atom is 0.280 e. The highest BCUT2D eigenvalue weighted by Crippen LogP contribution is 2.21. The summed E-state index contributed by atoms with van der Waals surface area (Å²) in [6.07, 6.45) is 2.97. The van der Waals surface area contributed by atoms with E-state index < -0.39 is 15.7 Å². The zero-order valence-electron chi connectivity index (χ0n) is 11.2. The Morgan fingerprint density at radius 1 is 1.41 bits per heavy atom. The van der Waals surface area contributed by atoms with Gasteiger partial charge >= 0.3 is 0 Å². The Balaban J connectivity index is 2.81. The Morgan fingerprint density at radius 3 is 2.47 bits per heavy atom. The molecule has 0 aliphatic carbocycles. The van der Waals surface area contributed by atoms with E-state index in [0.29, 0.717) is 6.54 Å². The molecular formula is C11H25N3O2S. The lowest BCUT2D eigenvalue weighted by Gasteiger charge is -2.37. The Morgan fingerprint density at radius 2 is 2.00 bits per heavy atom. The molecule has 5 nitrogen and oxygen atoms in total. The van der Waals surface area contributed by atoms with Gasteiger partial charge in [0.25, 0.3) is 10.2 Å². The molecule has 0 saturated carbocycles. The van der Waals surface area contributed by atoms with Crippen LogP contribution in [0.1, 0.15) is 47.0 Å². The van der Waals surface area contributed by atoms with Crippen molar-refractivity contribution in [2.24, 2.45) is 5.73 Å². The lowest BCUT2D eigenvalue weighted by molar-refractivity contribution is 0.257. The van der Waals surface area contributed by atoms with Crippen molar-refractivity contribution >= 4 is 10.2 Å². The summed E-state index contributed by atoms with van der Waals surface area (Å²) in [6, 6.07) is -0.164. The topological polar surface area (TPSA) is 75.4 Å². The molecule has 0 aromatic carbocycles. The first-order valence-corrected chi connectivity index (χ1v) is 7.67. The van der Waals surface area contributed by atoms with Crippen LogP contribution in [0.5, 0.6) is 0 Å². The van der Waals surface area contributed by atoms with E-state index >= 15 is 0 Å². The molecule has 1 fully saturated rings. The van der Waals surface area contributed by atoms with Crippen molar-refractivity contribution in [2.75, 3.05) is 6.54 Å². The number of rotatable bonds is 4. The first kappa shape index (κ1) is 14.9. The van der Waals surface area contributed by atoms with Crippen molar-refractivity contribution < 1.29 is 8.42 Å². The van der Waals surface area contributed by atoms with Crippen LogP contribution >= 0.6 is 0 Å². The summed E-state index contributed by atoms with van der Waals surface area (Å²) >= 11 is 0. The highest BCUT2D eigenvalue weighted by Gasteiger charge is 2.35. The van der Waals surface area contributed by atoms with Gasteiger partial charge in [0.05, 0.1) is 0 Å². The van der Waals surface area contributed by atoms with Crippen LogP contribution in [0.2, 0.25) is 0 Å². The van der Waals surface area contributed by atoms with Gasteiger partial charge in [-0.1, -0.05) is 6.42 Å². The smallest absolute Gasteiger partial charge is 0.280 e. The molecule has 102 valence electrons. The van der Waals surface area contributed by atoms with Gasteiger partial charge in [0.2, 0.25) is 0 Å². The third-order valence-corrected chi connectivity index (χ3v) is 5.53. The molecule has 2 unspecified atom stereocenters. The molecule has 0 bridgehead atoms. The van der Waals surface area contributed by atoms with E-state index in [9.17, 15) is 8.42 Å². The molecule has 0 amide bonds. The molecule has 3 N–H and O–H groups in total. The highest BCUT2D eigenvalue weighted by molar-refractivity contribution is 7.87. The van der Waals surface area contributed by atoms with Gasteiger partial charge in [0, 0.05) is 24.2 Å². The van der Waals surface area contributed by atoms with Crippen molar-refractivity contribution in [2.45, 2.75) is 64.6 Å². The first-order chi connectivity index (χ1) is 7.67. The zero-order valence-corrected chi connectivity index (χ0v) is 12.0. The van der Waals surface area contributed by atoms with E-state index in [1.54, 1.807) is 4.31 Å². The molecule has 0 aromatic rings. The van der Waals surface area contributed by atoms with Gasteiger partial charge in [-0.3, -0.25) is 0 Å². The average molecular weight is 263 g/mol. The van der Waals surface area contributed by atoms with Crippen LogP contribution in [0.25, 0.3) is 0 Å². The largest absolute Gasteiger partial charge is 0.326 e. The zero-order chi connectivity index (χ0) is 13.3. The van der Waals surface area contributed by atoms with E-state index in [1.165, 1.54) is 0 Å². The predicted octanol–water partition coefficient (Wildman–Crippen LogP) is 0.821. The number of nitrogens with one attached hydrogen (secondary N) is 1. The van der Waals surface area contributed by atoms with Gasteiger partial charge in [-0.25, -0.2) is 0 Å². The summed E-state index contributed by atoms with van der Waals surface area (Å²) in [4.78, 5) is 0. The second-order valence-corrected chi connectivity index (χ2v) is 7.20. The second kappa shape index (κ2) is 5.22. The molecule has 2 atom stereocenters. The third kappa shape index (κ3) is 3.64. The van der Waals surface area contributed by atoms with Gasteiger partial charge in [-0.2, -0.15) is 17.4 Å². The SMILES string of the molecule is CC1CCCCN1S(=O)(=O)NC(C)(C)C(C)N. The van der Waals surface area contributed by atoms with E-state index in [-0.39, 0.29) is 12.1 Å². The quantitative estimate of drug-likeness (QED) is 0.788.